The van der Waals surface area contributed by atoms with Gasteiger partial charge in [-0.15, -0.1) is 0 Å². The van der Waals surface area contributed by atoms with E-state index in [-0.39, 0.29) is 17.9 Å². The maximum atomic E-state index is 12.3. The second-order valence-electron chi connectivity index (χ2n) is 5.18. The minimum atomic E-state index is -0.443. The highest BCUT2D eigenvalue weighted by molar-refractivity contribution is 5.80. The Bertz CT molecular complexity index is 327. The lowest BCUT2D eigenvalue weighted by atomic mass is 9.95. The van der Waals surface area contributed by atoms with Gasteiger partial charge in [-0.1, -0.05) is 0 Å². The van der Waals surface area contributed by atoms with Gasteiger partial charge in [0, 0.05) is 26.2 Å². The zero-order valence-corrected chi connectivity index (χ0v) is 10.5. The monoisotopic (exact) mass is 255 g/mol. The molecule has 1 atom stereocenters. The second kappa shape index (κ2) is 5.56. The zero-order chi connectivity index (χ0) is 13.1. The van der Waals surface area contributed by atoms with E-state index in [0.29, 0.717) is 39.0 Å². The van der Waals surface area contributed by atoms with Crippen LogP contribution < -0.4 is 5.73 Å². The molecule has 2 fully saturated rings. The van der Waals surface area contributed by atoms with Gasteiger partial charge in [-0.05, 0) is 25.7 Å². The van der Waals surface area contributed by atoms with Gasteiger partial charge in [0.2, 0.25) is 5.91 Å². The van der Waals surface area contributed by atoms with Gasteiger partial charge in [-0.2, -0.15) is 0 Å². The average Bonchev–Trinajstić information content (AvgIpc) is 2.39. The summed E-state index contributed by atoms with van der Waals surface area (Å²) in [7, 11) is 0. The number of carbonyl (C=O) groups excluding carboxylic acids is 2. The molecule has 0 aliphatic carbocycles. The normalized spacial score (nSPS) is 26.2. The van der Waals surface area contributed by atoms with Crippen LogP contribution in [0.2, 0.25) is 0 Å². The van der Waals surface area contributed by atoms with E-state index in [1.807, 2.05) is 4.90 Å². The first-order valence-electron chi connectivity index (χ1n) is 6.59. The fourth-order valence-corrected chi connectivity index (χ4v) is 2.72. The summed E-state index contributed by atoms with van der Waals surface area (Å²) in [5.41, 5.74) is 5.26. The van der Waals surface area contributed by atoms with Gasteiger partial charge < -0.3 is 20.6 Å². The molecule has 18 heavy (non-hydrogen) atoms. The highest BCUT2D eigenvalue weighted by Crippen LogP contribution is 2.21. The molecule has 2 saturated heterocycles. The summed E-state index contributed by atoms with van der Waals surface area (Å²) >= 11 is 0. The van der Waals surface area contributed by atoms with Crippen molar-refractivity contribution in [1.82, 2.24) is 9.80 Å². The molecule has 0 bridgehead atoms. The summed E-state index contributed by atoms with van der Waals surface area (Å²) in [6.45, 7) is 2.32. The van der Waals surface area contributed by atoms with Gasteiger partial charge in [-0.3, -0.25) is 4.79 Å². The number of likely N-dealkylation sites (tertiary alicyclic amines) is 2. The number of nitrogens with two attached hydrogens (primary N) is 1. The van der Waals surface area contributed by atoms with Gasteiger partial charge >= 0.3 is 6.03 Å². The van der Waals surface area contributed by atoms with E-state index in [4.69, 9.17) is 5.73 Å². The summed E-state index contributed by atoms with van der Waals surface area (Å²) < 4.78 is 0. The Hall–Kier alpha value is -1.30. The largest absolute Gasteiger partial charge is 0.393 e. The van der Waals surface area contributed by atoms with Crippen LogP contribution in [0.15, 0.2) is 0 Å². The van der Waals surface area contributed by atoms with Gasteiger partial charge in [0.05, 0.1) is 12.0 Å². The lowest BCUT2D eigenvalue weighted by molar-refractivity contribution is -0.138. The molecule has 2 aliphatic heterocycles. The second-order valence-corrected chi connectivity index (χ2v) is 5.18. The Labute approximate surface area is 107 Å². The highest BCUT2D eigenvalue weighted by atomic mass is 16.3. The predicted octanol–water partition coefficient (Wildman–Crippen LogP) is -0.240. The summed E-state index contributed by atoms with van der Waals surface area (Å²) in [5, 5.41) is 9.43. The summed E-state index contributed by atoms with van der Waals surface area (Å²) in [6, 6.07) is -0.443. The Morgan fingerprint density at radius 2 is 1.72 bits per heavy atom. The maximum Gasteiger partial charge on any atom is 0.314 e. The Balaban J connectivity index is 1.90. The van der Waals surface area contributed by atoms with Crippen LogP contribution in [-0.2, 0) is 4.79 Å². The minimum absolute atomic E-state index is 0.104. The van der Waals surface area contributed by atoms with Crippen molar-refractivity contribution in [3.63, 3.8) is 0 Å². The van der Waals surface area contributed by atoms with Crippen molar-refractivity contribution in [1.29, 1.82) is 0 Å². The van der Waals surface area contributed by atoms with E-state index in [9.17, 15) is 14.7 Å². The number of primary amides is 1. The number of aliphatic hydroxyl groups excluding tert-OH is 1. The zero-order valence-electron chi connectivity index (χ0n) is 10.5. The fraction of sp³-hybridized carbons (Fsp3) is 0.833. The molecule has 6 heteroatoms. The van der Waals surface area contributed by atoms with Crippen molar-refractivity contribution in [2.45, 2.75) is 31.8 Å². The van der Waals surface area contributed by atoms with Crippen LogP contribution in [0, 0.1) is 5.92 Å². The summed E-state index contributed by atoms with van der Waals surface area (Å²) in [4.78, 5) is 26.8. The number of rotatable bonds is 1. The number of aliphatic hydroxyl groups is 1. The van der Waals surface area contributed by atoms with Gasteiger partial charge in [0.1, 0.15) is 0 Å². The number of piperidine rings is 2. The van der Waals surface area contributed by atoms with Gasteiger partial charge in [-0.25, -0.2) is 4.79 Å². The lowest BCUT2D eigenvalue weighted by Gasteiger charge is -2.36. The Morgan fingerprint density at radius 1 is 1.06 bits per heavy atom. The smallest absolute Gasteiger partial charge is 0.314 e. The van der Waals surface area contributed by atoms with Crippen molar-refractivity contribution < 1.29 is 14.7 Å². The van der Waals surface area contributed by atoms with Crippen LogP contribution >= 0.6 is 0 Å². The first-order valence-corrected chi connectivity index (χ1v) is 6.59. The molecule has 2 heterocycles. The number of hydrogen-bond acceptors (Lipinski definition) is 3. The van der Waals surface area contributed by atoms with Crippen LogP contribution in [-0.4, -0.2) is 59.1 Å². The molecule has 0 radical (unpaired) electrons. The Morgan fingerprint density at radius 3 is 2.33 bits per heavy atom. The highest BCUT2D eigenvalue weighted by Gasteiger charge is 2.31. The third-order valence-corrected chi connectivity index (χ3v) is 3.86. The number of carbonyl (C=O) groups is 2. The first kappa shape index (κ1) is 13.1. The molecule has 3 N–H and O–H groups in total. The van der Waals surface area contributed by atoms with Crippen molar-refractivity contribution in [3.05, 3.63) is 0 Å². The van der Waals surface area contributed by atoms with Crippen LogP contribution in [0.5, 0.6) is 0 Å². The molecule has 3 amide bonds. The third-order valence-electron chi connectivity index (χ3n) is 3.86. The first-order chi connectivity index (χ1) is 8.58. The van der Waals surface area contributed by atoms with Crippen LogP contribution in [0.25, 0.3) is 0 Å². The average molecular weight is 255 g/mol. The molecule has 6 nitrogen and oxygen atoms in total. The maximum absolute atomic E-state index is 12.3. The van der Waals surface area contributed by atoms with Crippen molar-refractivity contribution in [3.8, 4) is 0 Å². The van der Waals surface area contributed by atoms with E-state index in [0.717, 1.165) is 12.8 Å². The number of amides is 3. The molecule has 0 saturated carbocycles. The molecule has 102 valence electrons. The molecule has 0 aromatic carbocycles. The summed E-state index contributed by atoms with van der Waals surface area (Å²) in [6.07, 6.45) is 2.68. The van der Waals surface area contributed by atoms with E-state index in [1.54, 1.807) is 4.90 Å². The topological polar surface area (TPSA) is 86.9 Å². The SMILES string of the molecule is NC(=O)N1CCCC(C(=O)N2CCC(O)CC2)C1. The number of hydrogen-bond donors (Lipinski definition) is 2. The molecule has 0 spiro atoms. The van der Waals surface area contributed by atoms with E-state index in [2.05, 4.69) is 0 Å². The van der Waals surface area contributed by atoms with Gasteiger partial charge in [0.25, 0.3) is 0 Å². The molecule has 2 rings (SSSR count). The molecule has 0 aromatic heterocycles. The molecular formula is C12H21N3O3. The van der Waals surface area contributed by atoms with Crippen LogP contribution in [0.4, 0.5) is 4.79 Å². The van der Waals surface area contributed by atoms with Crippen molar-refractivity contribution >= 4 is 11.9 Å². The van der Waals surface area contributed by atoms with E-state index in [1.165, 1.54) is 0 Å². The standard InChI is InChI=1S/C12H21N3O3/c13-12(18)15-5-1-2-9(8-15)11(17)14-6-3-10(16)4-7-14/h9-10,16H,1-8H2,(H2,13,18). The van der Waals surface area contributed by atoms with Crippen LogP contribution in [0.3, 0.4) is 0 Å². The number of nitrogens with zero attached hydrogens (tertiary/aromatic N) is 2. The molecule has 2 aliphatic rings. The fourth-order valence-electron chi connectivity index (χ4n) is 2.72. The molecule has 1 unspecified atom stereocenters. The minimum Gasteiger partial charge on any atom is -0.393 e. The van der Waals surface area contributed by atoms with E-state index >= 15 is 0 Å². The third kappa shape index (κ3) is 2.93. The molecule has 0 aromatic rings. The lowest BCUT2D eigenvalue weighted by Crippen LogP contribution is -2.50. The Kier molecular flexibility index (Phi) is 4.06. The number of urea groups is 1. The molecular weight excluding hydrogens is 234 g/mol. The predicted molar refractivity (Wildman–Crippen MR) is 65.7 cm³/mol. The van der Waals surface area contributed by atoms with Crippen molar-refractivity contribution in [2.75, 3.05) is 26.2 Å². The van der Waals surface area contributed by atoms with Crippen LogP contribution in [0.1, 0.15) is 25.7 Å². The quantitative estimate of drug-likeness (QED) is 0.678. The summed E-state index contributed by atoms with van der Waals surface area (Å²) in [5.74, 6) is -0.0191. The van der Waals surface area contributed by atoms with E-state index < -0.39 is 6.03 Å². The van der Waals surface area contributed by atoms with Crippen molar-refractivity contribution in [2.24, 2.45) is 11.7 Å². The van der Waals surface area contributed by atoms with Gasteiger partial charge in [0.15, 0.2) is 0 Å².